The average Bonchev–Trinajstić information content (AvgIpc) is 3.37. The van der Waals surface area contributed by atoms with Crippen LogP contribution in [0.2, 0.25) is 5.02 Å². The van der Waals surface area contributed by atoms with Gasteiger partial charge in [0.2, 0.25) is 5.91 Å². The summed E-state index contributed by atoms with van der Waals surface area (Å²) in [6.45, 7) is 4.78. The van der Waals surface area contributed by atoms with Crippen LogP contribution in [0, 0.1) is 0 Å². The fourth-order valence-corrected chi connectivity index (χ4v) is 6.26. The van der Waals surface area contributed by atoms with Gasteiger partial charge in [0.05, 0.1) is 19.7 Å². The first kappa shape index (κ1) is 24.8. The molecule has 36 heavy (non-hydrogen) atoms. The monoisotopic (exact) mass is 523 g/mol. The van der Waals surface area contributed by atoms with Gasteiger partial charge in [0.15, 0.2) is 0 Å². The molecule has 0 saturated carbocycles. The number of fused-ring (bicyclic) bond motifs is 1. The number of nitrogens with zero attached hydrogens (tertiary/aromatic N) is 3. The van der Waals surface area contributed by atoms with Gasteiger partial charge in [-0.2, -0.15) is 0 Å². The first-order valence-electron chi connectivity index (χ1n) is 12.2. The van der Waals surface area contributed by atoms with Crippen LogP contribution in [0.25, 0.3) is 0 Å². The molecule has 5 rings (SSSR count). The lowest BCUT2D eigenvalue weighted by Gasteiger charge is -2.42. The predicted octanol–water partition coefficient (Wildman–Crippen LogP) is 4.73. The van der Waals surface area contributed by atoms with Crippen LogP contribution in [0.15, 0.2) is 60.0 Å². The van der Waals surface area contributed by atoms with Gasteiger partial charge in [0, 0.05) is 47.7 Å². The van der Waals surface area contributed by atoms with Crippen molar-refractivity contribution in [1.29, 1.82) is 0 Å². The van der Waals surface area contributed by atoms with Crippen molar-refractivity contribution in [3.8, 4) is 5.75 Å². The maximum atomic E-state index is 13.5. The number of thiophene rings is 1. The number of amides is 2. The van der Waals surface area contributed by atoms with E-state index in [2.05, 4.69) is 28.5 Å². The first-order valence-corrected chi connectivity index (χ1v) is 13.5. The Balaban J connectivity index is 1.27. The highest BCUT2D eigenvalue weighted by Crippen LogP contribution is 2.38. The number of hydrogen-bond donors (Lipinski definition) is 0. The molecular formula is C28H30ClN3O3S. The van der Waals surface area contributed by atoms with E-state index in [-0.39, 0.29) is 23.9 Å². The summed E-state index contributed by atoms with van der Waals surface area (Å²) in [6.07, 6.45) is 0.951. The number of carbonyl (C=O) groups is 2. The molecule has 1 fully saturated rings. The van der Waals surface area contributed by atoms with Crippen LogP contribution in [0.1, 0.15) is 39.3 Å². The Kier molecular flexibility index (Phi) is 7.32. The summed E-state index contributed by atoms with van der Waals surface area (Å²) in [5.41, 5.74) is 3.07. The summed E-state index contributed by atoms with van der Waals surface area (Å²) in [4.78, 5) is 33.9. The van der Waals surface area contributed by atoms with E-state index in [1.54, 1.807) is 42.7 Å². The number of benzene rings is 2. The molecule has 1 aromatic heterocycles. The van der Waals surface area contributed by atoms with E-state index in [0.717, 1.165) is 24.3 Å². The normalized spacial score (nSPS) is 20.2. The van der Waals surface area contributed by atoms with Crippen molar-refractivity contribution >= 4 is 34.8 Å². The zero-order valence-electron chi connectivity index (χ0n) is 20.5. The second-order valence-electron chi connectivity index (χ2n) is 9.39. The lowest BCUT2D eigenvalue weighted by atomic mass is 9.93. The van der Waals surface area contributed by atoms with Crippen molar-refractivity contribution in [2.75, 3.05) is 39.8 Å². The van der Waals surface area contributed by atoms with E-state index in [1.165, 1.54) is 10.4 Å². The van der Waals surface area contributed by atoms with Crippen molar-refractivity contribution in [1.82, 2.24) is 14.7 Å². The van der Waals surface area contributed by atoms with Gasteiger partial charge in [-0.3, -0.25) is 14.5 Å². The maximum absolute atomic E-state index is 13.5. The van der Waals surface area contributed by atoms with Crippen LogP contribution < -0.4 is 4.74 Å². The van der Waals surface area contributed by atoms with Gasteiger partial charge in [-0.15, -0.1) is 11.3 Å². The zero-order valence-corrected chi connectivity index (χ0v) is 22.1. The molecule has 0 N–H and O–H groups in total. The fourth-order valence-electron chi connectivity index (χ4n) is 5.23. The second-order valence-corrected chi connectivity index (χ2v) is 10.8. The molecule has 2 unspecified atom stereocenters. The van der Waals surface area contributed by atoms with Crippen molar-refractivity contribution in [2.24, 2.45) is 0 Å². The molecule has 1 saturated heterocycles. The second kappa shape index (κ2) is 10.6. The van der Waals surface area contributed by atoms with E-state index >= 15 is 0 Å². The lowest BCUT2D eigenvalue weighted by molar-refractivity contribution is -0.135. The van der Waals surface area contributed by atoms with Crippen LogP contribution in [-0.4, -0.2) is 72.4 Å². The van der Waals surface area contributed by atoms with E-state index in [1.807, 2.05) is 28.9 Å². The Hall–Kier alpha value is -2.87. The van der Waals surface area contributed by atoms with Gasteiger partial charge < -0.3 is 14.5 Å². The topological polar surface area (TPSA) is 53.1 Å². The molecule has 0 spiro atoms. The van der Waals surface area contributed by atoms with Crippen LogP contribution >= 0.6 is 22.9 Å². The number of methoxy groups -OCH3 is 1. The summed E-state index contributed by atoms with van der Waals surface area (Å²) in [7, 11) is 1.67. The molecule has 2 aliphatic heterocycles. The van der Waals surface area contributed by atoms with Crippen molar-refractivity contribution in [3.05, 3.63) is 86.6 Å². The Morgan fingerprint density at radius 3 is 2.47 bits per heavy atom. The highest BCUT2D eigenvalue weighted by Gasteiger charge is 2.34. The summed E-state index contributed by atoms with van der Waals surface area (Å²) < 4.78 is 5.34. The number of piperazine rings is 1. The third-order valence-electron chi connectivity index (χ3n) is 7.17. The van der Waals surface area contributed by atoms with Gasteiger partial charge in [0.25, 0.3) is 5.91 Å². The first-order chi connectivity index (χ1) is 17.4. The molecule has 0 bridgehead atoms. The Labute approximate surface area is 221 Å². The quantitative estimate of drug-likeness (QED) is 0.485. The summed E-state index contributed by atoms with van der Waals surface area (Å²) in [5.74, 6) is 0.909. The lowest BCUT2D eigenvalue weighted by Crippen LogP contribution is -2.57. The summed E-state index contributed by atoms with van der Waals surface area (Å²) in [6, 6.07) is 17.3. The Morgan fingerprint density at radius 1 is 1.03 bits per heavy atom. The minimum atomic E-state index is -0.0619. The summed E-state index contributed by atoms with van der Waals surface area (Å²) >= 11 is 7.76. The fraction of sp³-hybridized carbons (Fsp3) is 0.357. The van der Waals surface area contributed by atoms with E-state index in [0.29, 0.717) is 36.8 Å². The Bertz CT molecular complexity index is 1230. The van der Waals surface area contributed by atoms with Crippen LogP contribution in [0.5, 0.6) is 5.75 Å². The molecule has 188 valence electrons. The zero-order chi connectivity index (χ0) is 25.2. The SMILES string of the molecule is COc1ccc(C2c3ccsc3CCN2CC(=O)N2CCN(C(=O)c3ccc(Cl)cc3)C(C)C2)cc1. The molecule has 6 nitrogen and oxygen atoms in total. The third kappa shape index (κ3) is 5.01. The molecule has 0 radical (unpaired) electrons. The number of rotatable bonds is 5. The average molecular weight is 524 g/mol. The standard InChI is InChI=1S/C28H30ClN3O3S/c1-19-17-30(14-15-32(19)28(34)21-3-7-22(29)8-4-21)26(33)18-31-13-11-25-24(12-16-36-25)27(31)20-5-9-23(35-2)10-6-20/h3-10,12,16,19,27H,11,13-15,17-18H2,1-2H3. The van der Waals surface area contributed by atoms with Gasteiger partial charge in [-0.25, -0.2) is 0 Å². The highest BCUT2D eigenvalue weighted by atomic mass is 35.5. The van der Waals surface area contributed by atoms with E-state index in [4.69, 9.17) is 16.3 Å². The van der Waals surface area contributed by atoms with Crippen molar-refractivity contribution in [2.45, 2.75) is 25.4 Å². The van der Waals surface area contributed by atoms with Gasteiger partial charge in [-0.1, -0.05) is 23.7 Å². The molecule has 3 aromatic rings. The maximum Gasteiger partial charge on any atom is 0.254 e. The van der Waals surface area contributed by atoms with Crippen molar-refractivity contribution < 1.29 is 14.3 Å². The number of halogens is 1. The van der Waals surface area contributed by atoms with Crippen LogP contribution in [0.3, 0.4) is 0 Å². The van der Waals surface area contributed by atoms with E-state index < -0.39 is 0 Å². The molecule has 2 amide bonds. The van der Waals surface area contributed by atoms with Crippen LogP contribution in [0.4, 0.5) is 0 Å². The number of carbonyl (C=O) groups excluding carboxylic acids is 2. The molecule has 8 heteroatoms. The predicted molar refractivity (Wildman–Crippen MR) is 143 cm³/mol. The highest BCUT2D eigenvalue weighted by molar-refractivity contribution is 7.10. The smallest absolute Gasteiger partial charge is 0.254 e. The van der Waals surface area contributed by atoms with Crippen molar-refractivity contribution in [3.63, 3.8) is 0 Å². The van der Waals surface area contributed by atoms with Gasteiger partial charge >= 0.3 is 0 Å². The van der Waals surface area contributed by atoms with Gasteiger partial charge in [0.1, 0.15) is 5.75 Å². The number of ether oxygens (including phenoxy) is 1. The minimum Gasteiger partial charge on any atom is -0.497 e. The molecule has 2 atom stereocenters. The Morgan fingerprint density at radius 2 is 1.78 bits per heavy atom. The molecule has 3 heterocycles. The van der Waals surface area contributed by atoms with E-state index in [9.17, 15) is 9.59 Å². The minimum absolute atomic E-state index is 0.0214. The molecule has 2 aliphatic rings. The van der Waals surface area contributed by atoms with Gasteiger partial charge in [-0.05, 0) is 72.3 Å². The third-order valence-corrected chi connectivity index (χ3v) is 8.42. The summed E-state index contributed by atoms with van der Waals surface area (Å²) in [5, 5.41) is 2.75. The largest absolute Gasteiger partial charge is 0.497 e. The molecular weight excluding hydrogens is 494 g/mol. The number of hydrogen-bond acceptors (Lipinski definition) is 5. The van der Waals surface area contributed by atoms with Crippen LogP contribution in [-0.2, 0) is 11.2 Å². The molecule has 0 aliphatic carbocycles. The molecule has 2 aromatic carbocycles.